The average molecular weight is 365 g/mol. The van der Waals surface area contributed by atoms with Gasteiger partial charge < -0.3 is 10.6 Å². The van der Waals surface area contributed by atoms with E-state index in [0.29, 0.717) is 34.3 Å². The van der Waals surface area contributed by atoms with Gasteiger partial charge in [0.2, 0.25) is 0 Å². The third-order valence-electron chi connectivity index (χ3n) is 3.64. The van der Waals surface area contributed by atoms with Crippen LogP contribution in [-0.4, -0.2) is 24.9 Å². The molecule has 0 radical (unpaired) electrons. The number of carbonyl (C=O) groups excluding carboxylic acids is 2. The molecule has 0 heterocycles. The van der Waals surface area contributed by atoms with Crippen LogP contribution >= 0.6 is 23.2 Å². The fourth-order valence-electron chi connectivity index (χ4n) is 2.11. The third kappa shape index (κ3) is 4.73. The van der Waals surface area contributed by atoms with Crippen LogP contribution in [0, 0.1) is 13.8 Å². The topological polar surface area (TPSA) is 58.2 Å². The van der Waals surface area contributed by atoms with Crippen molar-refractivity contribution in [3.05, 3.63) is 68.7 Å². The lowest BCUT2D eigenvalue weighted by atomic mass is 10.1. The average Bonchev–Trinajstić information content (AvgIpc) is 2.53. The molecule has 2 N–H and O–H groups in total. The summed E-state index contributed by atoms with van der Waals surface area (Å²) in [5, 5.41) is 6.23. The van der Waals surface area contributed by atoms with Crippen molar-refractivity contribution in [3.8, 4) is 0 Å². The summed E-state index contributed by atoms with van der Waals surface area (Å²) in [5.74, 6) is -0.478. The Labute approximate surface area is 151 Å². The Balaban J connectivity index is 1.82. The normalized spacial score (nSPS) is 10.3. The summed E-state index contributed by atoms with van der Waals surface area (Å²) in [7, 11) is 0. The van der Waals surface area contributed by atoms with Crippen molar-refractivity contribution in [3.63, 3.8) is 0 Å². The highest BCUT2D eigenvalue weighted by Crippen LogP contribution is 2.20. The molecule has 126 valence electrons. The molecule has 2 amide bonds. The first kappa shape index (κ1) is 18.3. The number of rotatable bonds is 5. The molecule has 2 aromatic rings. The van der Waals surface area contributed by atoms with Gasteiger partial charge in [-0.15, -0.1) is 0 Å². The summed E-state index contributed by atoms with van der Waals surface area (Å²) in [6.45, 7) is 4.58. The maximum Gasteiger partial charge on any atom is 0.252 e. The van der Waals surface area contributed by atoms with Gasteiger partial charge in [-0.1, -0.05) is 29.3 Å². The zero-order valence-corrected chi connectivity index (χ0v) is 15.0. The first-order valence-electron chi connectivity index (χ1n) is 7.47. The van der Waals surface area contributed by atoms with Crippen LogP contribution < -0.4 is 10.6 Å². The van der Waals surface area contributed by atoms with E-state index in [-0.39, 0.29) is 11.8 Å². The van der Waals surface area contributed by atoms with E-state index in [1.807, 2.05) is 26.0 Å². The van der Waals surface area contributed by atoms with E-state index in [1.54, 1.807) is 18.2 Å². The van der Waals surface area contributed by atoms with Gasteiger partial charge in [-0.05, 0) is 55.3 Å². The SMILES string of the molecule is Cc1ccc(C(=O)NCCNC(=O)c2ccc(Cl)cc2Cl)cc1C. The summed E-state index contributed by atoms with van der Waals surface area (Å²) in [4.78, 5) is 24.1. The van der Waals surface area contributed by atoms with Gasteiger partial charge in [-0.2, -0.15) is 0 Å². The zero-order chi connectivity index (χ0) is 17.7. The summed E-state index contributed by atoms with van der Waals surface area (Å²) in [5.41, 5.74) is 3.15. The minimum atomic E-state index is -0.308. The monoisotopic (exact) mass is 364 g/mol. The summed E-state index contributed by atoms with van der Waals surface area (Å²) < 4.78 is 0. The highest BCUT2D eigenvalue weighted by molar-refractivity contribution is 6.36. The van der Waals surface area contributed by atoms with Crippen molar-refractivity contribution in [2.45, 2.75) is 13.8 Å². The molecule has 4 nitrogen and oxygen atoms in total. The van der Waals surface area contributed by atoms with Gasteiger partial charge in [0, 0.05) is 23.7 Å². The van der Waals surface area contributed by atoms with Crippen LogP contribution in [0.1, 0.15) is 31.8 Å². The van der Waals surface area contributed by atoms with Crippen molar-refractivity contribution >= 4 is 35.0 Å². The minimum absolute atomic E-state index is 0.170. The molecule has 0 aromatic heterocycles. The molecular formula is C18H18Cl2N2O2. The van der Waals surface area contributed by atoms with Crippen LogP contribution in [-0.2, 0) is 0 Å². The maximum atomic E-state index is 12.1. The van der Waals surface area contributed by atoms with Gasteiger partial charge in [0.05, 0.1) is 10.6 Å². The van der Waals surface area contributed by atoms with Crippen molar-refractivity contribution < 1.29 is 9.59 Å². The largest absolute Gasteiger partial charge is 0.350 e. The molecule has 0 aliphatic carbocycles. The molecule has 0 unspecified atom stereocenters. The first-order chi connectivity index (χ1) is 11.4. The van der Waals surface area contributed by atoms with E-state index in [0.717, 1.165) is 11.1 Å². The molecule has 0 saturated carbocycles. The highest BCUT2D eigenvalue weighted by Gasteiger charge is 2.10. The Kier molecular flexibility index (Phi) is 6.23. The number of carbonyl (C=O) groups is 2. The second-order valence-corrected chi connectivity index (χ2v) is 6.28. The Morgan fingerprint density at radius 1 is 0.875 bits per heavy atom. The maximum absolute atomic E-state index is 12.1. The van der Waals surface area contributed by atoms with Crippen molar-refractivity contribution in [2.75, 3.05) is 13.1 Å². The van der Waals surface area contributed by atoms with Crippen LogP contribution in [0.3, 0.4) is 0 Å². The molecule has 0 aliphatic heterocycles. The Bertz CT molecular complexity index is 776. The van der Waals surface area contributed by atoms with Crippen LogP contribution in [0.2, 0.25) is 10.0 Å². The predicted octanol–water partition coefficient (Wildman–Crippen LogP) is 3.77. The zero-order valence-electron chi connectivity index (χ0n) is 13.5. The van der Waals surface area contributed by atoms with E-state index in [1.165, 1.54) is 6.07 Å². The molecule has 0 bridgehead atoms. The second kappa shape index (κ2) is 8.18. The predicted molar refractivity (Wildman–Crippen MR) is 97.0 cm³/mol. The molecule has 0 atom stereocenters. The number of halogens is 2. The highest BCUT2D eigenvalue weighted by atomic mass is 35.5. The quantitative estimate of drug-likeness (QED) is 0.793. The van der Waals surface area contributed by atoms with E-state index in [4.69, 9.17) is 23.2 Å². The van der Waals surface area contributed by atoms with Gasteiger partial charge in [0.1, 0.15) is 0 Å². The Morgan fingerprint density at radius 3 is 2.17 bits per heavy atom. The molecular weight excluding hydrogens is 347 g/mol. The van der Waals surface area contributed by atoms with Crippen molar-refractivity contribution in [2.24, 2.45) is 0 Å². The summed E-state index contributed by atoms with van der Waals surface area (Å²) >= 11 is 11.8. The Hall–Kier alpha value is -2.04. The fourth-order valence-corrected chi connectivity index (χ4v) is 2.60. The van der Waals surface area contributed by atoms with Gasteiger partial charge in [0.15, 0.2) is 0 Å². The smallest absolute Gasteiger partial charge is 0.252 e. The third-order valence-corrected chi connectivity index (χ3v) is 4.19. The van der Waals surface area contributed by atoms with Crippen LogP contribution in [0.5, 0.6) is 0 Å². The summed E-state index contributed by atoms with van der Waals surface area (Å²) in [6, 6.07) is 10.2. The Morgan fingerprint density at radius 2 is 1.54 bits per heavy atom. The number of hydrogen-bond acceptors (Lipinski definition) is 2. The lowest BCUT2D eigenvalue weighted by Crippen LogP contribution is -2.34. The number of nitrogens with one attached hydrogen (secondary N) is 2. The fraction of sp³-hybridized carbons (Fsp3) is 0.222. The number of hydrogen-bond donors (Lipinski definition) is 2. The van der Waals surface area contributed by atoms with E-state index in [9.17, 15) is 9.59 Å². The van der Waals surface area contributed by atoms with Gasteiger partial charge in [0.25, 0.3) is 11.8 Å². The van der Waals surface area contributed by atoms with Crippen LogP contribution in [0.4, 0.5) is 0 Å². The van der Waals surface area contributed by atoms with E-state index in [2.05, 4.69) is 10.6 Å². The number of aryl methyl sites for hydroxylation is 2. The lowest BCUT2D eigenvalue weighted by molar-refractivity contribution is 0.0927. The number of amides is 2. The molecule has 0 fully saturated rings. The molecule has 24 heavy (non-hydrogen) atoms. The van der Waals surface area contributed by atoms with E-state index < -0.39 is 0 Å². The van der Waals surface area contributed by atoms with Crippen LogP contribution in [0.25, 0.3) is 0 Å². The molecule has 2 aromatic carbocycles. The number of benzene rings is 2. The van der Waals surface area contributed by atoms with Gasteiger partial charge >= 0.3 is 0 Å². The minimum Gasteiger partial charge on any atom is -0.350 e. The standard InChI is InChI=1S/C18H18Cl2N2O2/c1-11-3-4-13(9-12(11)2)17(23)21-7-8-22-18(24)15-6-5-14(19)10-16(15)20/h3-6,9-10H,7-8H2,1-2H3,(H,21,23)(H,22,24). The molecule has 0 saturated heterocycles. The van der Waals surface area contributed by atoms with E-state index >= 15 is 0 Å². The van der Waals surface area contributed by atoms with Gasteiger partial charge in [-0.3, -0.25) is 9.59 Å². The molecule has 6 heteroatoms. The molecule has 0 aliphatic rings. The van der Waals surface area contributed by atoms with Crippen molar-refractivity contribution in [1.29, 1.82) is 0 Å². The lowest BCUT2D eigenvalue weighted by Gasteiger charge is -2.09. The summed E-state index contributed by atoms with van der Waals surface area (Å²) in [6.07, 6.45) is 0. The molecule has 2 rings (SSSR count). The second-order valence-electron chi connectivity index (χ2n) is 5.44. The van der Waals surface area contributed by atoms with Crippen LogP contribution in [0.15, 0.2) is 36.4 Å². The van der Waals surface area contributed by atoms with Crippen molar-refractivity contribution in [1.82, 2.24) is 10.6 Å². The first-order valence-corrected chi connectivity index (χ1v) is 8.23. The van der Waals surface area contributed by atoms with Gasteiger partial charge in [-0.25, -0.2) is 0 Å². The molecule has 0 spiro atoms.